The van der Waals surface area contributed by atoms with Gasteiger partial charge in [0, 0.05) is 6.61 Å². The average molecular weight is 174 g/mol. The van der Waals surface area contributed by atoms with E-state index in [2.05, 4.69) is 5.48 Å². The van der Waals surface area contributed by atoms with Crippen LogP contribution < -0.4 is 11.2 Å². The number of carbonyl (C=O) groups is 1. The third-order valence-electron chi connectivity index (χ3n) is 1.72. The van der Waals surface area contributed by atoms with Crippen molar-refractivity contribution in [2.24, 2.45) is 5.73 Å². The number of hydroxylamine groups is 1. The second-order valence-electron chi connectivity index (χ2n) is 2.77. The van der Waals surface area contributed by atoms with Crippen LogP contribution in [0, 0.1) is 0 Å². The van der Waals surface area contributed by atoms with Crippen molar-refractivity contribution in [1.82, 2.24) is 5.48 Å². The summed E-state index contributed by atoms with van der Waals surface area (Å²) in [7, 11) is 0. The van der Waals surface area contributed by atoms with E-state index in [1.54, 1.807) is 0 Å². The first-order valence-electron chi connectivity index (χ1n) is 4.08. The maximum atomic E-state index is 10.2. The number of amides is 2. The van der Waals surface area contributed by atoms with Crippen LogP contribution in [0.5, 0.6) is 0 Å². The van der Waals surface area contributed by atoms with Crippen molar-refractivity contribution in [3.8, 4) is 0 Å². The van der Waals surface area contributed by atoms with Crippen molar-refractivity contribution in [2.75, 3.05) is 13.2 Å². The fourth-order valence-corrected chi connectivity index (χ4v) is 1.14. The molecule has 1 aliphatic rings. The minimum atomic E-state index is -0.675. The number of hydrogen-bond donors (Lipinski definition) is 2. The Morgan fingerprint density at radius 3 is 3.08 bits per heavy atom. The van der Waals surface area contributed by atoms with Crippen molar-refractivity contribution in [3.05, 3.63) is 0 Å². The van der Waals surface area contributed by atoms with E-state index in [1.807, 2.05) is 0 Å². The normalized spacial score (nSPS) is 23.5. The zero-order valence-corrected chi connectivity index (χ0v) is 6.91. The van der Waals surface area contributed by atoms with Gasteiger partial charge in [0.15, 0.2) is 0 Å². The maximum Gasteiger partial charge on any atom is 0.336 e. The summed E-state index contributed by atoms with van der Waals surface area (Å²) in [6.07, 6.45) is 3.36. The Balaban J connectivity index is 2.01. The Morgan fingerprint density at radius 1 is 1.67 bits per heavy atom. The van der Waals surface area contributed by atoms with Crippen LogP contribution in [0.3, 0.4) is 0 Å². The highest BCUT2D eigenvalue weighted by Crippen LogP contribution is 2.12. The van der Waals surface area contributed by atoms with Crippen LogP contribution in [0.25, 0.3) is 0 Å². The van der Waals surface area contributed by atoms with E-state index in [4.69, 9.17) is 15.3 Å². The van der Waals surface area contributed by atoms with E-state index in [-0.39, 0.29) is 6.10 Å². The van der Waals surface area contributed by atoms with Gasteiger partial charge in [0.1, 0.15) is 6.61 Å². The number of rotatable bonds is 3. The quantitative estimate of drug-likeness (QED) is 0.598. The number of hydrogen-bond acceptors (Lipinski definition) is 3. The summed E-state index contributed by atoms with van der Waals surface area (Å²) >= 11 is 0. The lowest BCUT2D eigenvalue weighted by Crippen LogP contribution is -2.34. The first kappa shape index (κ1) is 9.28. The number of nitrogens with one attached hydrogen (secondary N) is 1. The van der Waals surface area contributed by atoms with E-state index >= 15 is 0 Å². The molecule has 1 rings (SSSR count). The van der Waals surface area contributed by atoms with Crippen LogP contribution in [0.4, 0.5) is 4.79 Å². The largest absolute Gasteiger partial charge is 0.376 e. The fourth-order valence-electron chi connectivity index (χ4n) is 1.14. The predicted octanol–water partition coefficient (Wildman–Crippen LogP) is 0.155. The van der Waals surface area contributed by atoms with Crippen molar-refractivity contribution in [3.63, 3.8) is 0 Å². The van der Waals surface area contributed by atoms with Crippen LogP contribution >= 0.6 is 0 Å². The van der Waals surface area contributed by atoms with Gasteiger partial charge in [-0.3, -0.25) is 4.84 Å². The highest BCUT2D eigenvalue weighted by atomic mass is 16.7. The van der Waals surface area contributed by atoms with Gasteiger partial charge in [0.2, 0.25) is 0 Å². The van der Waals surface area contributed by atoms with Gasteiger partial charge in [-0.2, -0.15) is 0 Å². The molecule has 12 heavy (non-hydrogen) atoms. The molecule has 0 aliphatic carbocycles. The van der Waals surface area contributed by atoms with Crippen molar-refractivity contribution in [2.45, 2.75) is 25.4 Å². The molecule has 1 saturated heterocycles. The van der Waals surface area contributed by atoms with Crippen LogP contribution in [0.15, 0.2) is 0 Å². The first-order chi connectivity index (χ1) is 5.79. The minimum absolute atomic E-state index is 0.102. The highest BCUT2D eigenvalue weighted by Gasteiger charge is 2.13. The molecule has 0 radical (unpaired) electrons. The third kappa shape index (κ3) is 3.54. The summed E-state index contributed by atoms with van der Waals surface area (Å²) in [6.45, 7) is 1.16. The van der Waals surface area contributed by atoms with E-state index in [0.717, 1.165) is 25.9 Å². The van der Waals surface area contributed by atoms with Gasteiger partial charge in [-0.1, -0.05) is 0 Å². The van der Waals surface area contributed by atoms with Gasteiger partial charge >= 0.3 is 6.03 Å². The molecule has 5 nitrogen and oxygen atoms in total. The second kappa shape index (κ2) is 4.95. The molecule has 1 heterocycles. The number of nitrogens with two attached hydrogens (primary N) is 1. The highest BCUT2D eigenvalue weighted by molar-refractivity contribution is 5.70. The topological polar surface area (TPSA) is 73.6 Å². The van der Waals surface area contributed by atoms with Gasteiger partial charge in [-0.15, -0.1) is 0 Å². The summed E-state index contributed by atoms with van der Waals surface area (Å²) in [6, 6.07) is -0.675. The van der Waals surface area contributed by atoms with Gasteiger partial charge in [-0.05, 0) is 19.3 Å². The molecule has 0 aromatic rings. The third-order valence-corrected chi connectivity index (χ3v) is 1.72. The number of primary amides is 1. The molecule has 5 heteroatoms. The van der Waals surface area contributed by atoms with E-state index in [0.29, 0.717) is 6.61 Å². The Bertz CT molecular complexity index is 146. The predicted molar refractivity (Wildman–Crippen MR) is 42.3 cm³/mol. The van der Waals surface area contributed by atoms with Gasteiger partial charge in [0.25, 0.3) is 0 Å². The van der Waals surface area contributed by atoms with Crippen LogP contribution in [0.1, 0.15) is 19.3 Å². The van der Waals surface area contributed by atoms with E-state index in [1.165, 1.54) is 0 Å². The van der Waals surface area contributed by atoms with Crippen molar-refractivity contribution >= 4 is 6.03 Å². The molecule has 0 aromatic carbocycles. The summed E-state index contributed by atoms with van der Waals surface area (Å²) in [4.78, 5) is 15.0. The Kier molecular flexibility index (Phi) is 3.83. The monoisotopic (exact) mass is 174 g/mol. The lowest BCUT2D eigenvalue weighted by Gasteiger charge is -2.21. The first-order valence-corrected chi connectivity index (χ1v) is 4.08. The zero-order chi connectivity index (χ0) is 8.81. The van der Waals surface area contributed by atoms with Gasteiger partial charge < -0.3 is 10.5 Å². The smallest absolute Gasteiger partial charge is 0.336 e. The molecule has 0 saturated carbocycles. The van der Waals surface area contributed by atoms with Gasteiger partial charge in [0.05, 0.1) is 6.10 Å². The lowest BCUT2D eigenvalue weighted by molar-refractivity contribution is -0.0588. The summed E-state index contributed by atoms with van der Waals surface area (Å²) in [5.41, 5.74) is 6.84. The SMILES string of the molecule is NC(=O)NOCC1CCCCO1. The van der Waals surface area contributed by atoms with Crippen molar-refractivity contribution < 1.29 is 14.4 Å². The summed E-state index contributed by atoms with van der Waals surface area (Å²) in [5.74, 6) is 0. The molecule has 70 valence electrons. The Morgan fingerprint density at radius 2 is 2.50 bits per heavy atom. The van der Waals surface area contributed by atoms with E-state index in [9.17, 15) is 4.79 Å². The van der Waals surface area contributed by atoms with Crippen LogP contribution in [-0.2, 0) is 9.57 Å². The second-order valence-corrected chi connectivity index (χ2v) is 2.77. The molecular formula is C7H14N2O3. The minimum Gasteiger partial charge on any atom is -0.376 e. The number of urea groups is 1. The number of ether oxygens (including phenoxy) is 1. The van der Waals surface area contributed by atoms with Crippen LogP contribution in [0.2, 0.25) is 0 Å². The Hall–Kier alpha value is -0.810. The molecule has 1 fully saturated rings. The maximum absolute atomic E-state index is 10.2. The van der Waals surface area contributed by atoms with E-state index < -0.39 is 6.03 Å². The zero-order valence-electron chi connectivity index (χ0n) is 6.91. The molecule has 0 aromatic heterocycles. The van der Waals surface area contributed by atoms with Gasteiger partial charge in [-0.25, -0.2) is 10.3 Å². The standard InChI is InChI=1S/C7H14N2O3/c8-7(10)9-12-5-6-3-1-2-4-11-6/h6H,1-5H2,(H3,8,9,10). The summed E-state index contributed by atoms with van der Waals surface area (Å²) in [5, 5.41) is 0. The molecule has 2 amide bonds. The van der Waals surface area contributed by atoms with Crippen molar-refractivity contribution in [1.29, 1.82) is 0 Å². The molecule has 0 bridgehead atoms. The lowest BCUT2D eigenvalue weighted by atomic mass is 10.1. The Labute approximate surface area is 71.2 Å². The molecule has 1 unspecified atom stereocenters. The molecular weight excluding hydrogens is 160 g/mol. The fraction of sp³-hybridized carbons (Fsp3) is 0.857. The summed E-state index contributed by atoms with van der Waals surface area (Å²) < 4.78 is 5.34. The average Bonchev–Trinajstić information content (AvgIpc) is 2.05. The van der Waals surface area contributed by atoms with Crippen LogP contribution in [-0.4, -0.2) is 25.3 Å². The molecule has 1 aliphatic heterocycles. The molecule has 0 spiro atoms. The molecule has 3 N–H and O–H groups in total. The molecule has 1 atom stereocenters. The number of carbonyl (C=O) groups excluding carboxylic acids is 1.